The first-order valence-corrected chi connectivity index (χ1v) is 6.68. The number of amides is 1. The molecule has 2 heterocycles. The molecule has 0 fully saturated rings. The fourth-order valence-corrected chi connectivity index (χ4v) is 2.05. The molecule has 2 aromatic heterocycles. The zero-order valence-electron chi connectivity index (χ0n) is 11.6. The van der Waals surface area contributed by atoms with Crippen molar-refractivity contribution >= 4 is 29.2 Å². The summed E-state index contributed by atoms with van der Waals surface area (Å²) in [5.74, 6) is -0.917. The number of pyridine rings is 1. The van der Waals surface area contributed by atoms with E-state index in [0.717, 1.165) is 0 Å². The van der Waals surface area contributed by atoms with Crippen molar-refractivity contribution in [3.63, 3.8) is 0 Å². The van der Waals surface area contributed by atoms with E-state index in [4.69, 9.17) is 16.3 Å². The quantitative estimate of drug-likeness (QED) is 0.851. The molecule has 0 spiro atoms. The van der Waals surface area contributed by atoms with Crippen LogP contribution >= 0.6 is 11.6 Å². The van der Waals surface area contributed by atoms with Gasteiger partial charge in [-0.25, -0.2) is 4.79 Å². The number of carbonyl (C=O) groups excluding carboxylic acids is 2. The minimum atomic E-state index is -0.493. The summed E-state index contributed by atoms with van der Waals surface area (Å²) in [4.78, 5) is 30.8. The van der Waals surface area contributed by atoms with E-state index in [-0.39, 0.29) is 17.2 Å². The van der Waals surface area contributed by atoms with Crippen LogP contribution in [0.15, 0.2) is 24.7 Å². The van der Waals surface area contributed by atoms with Crippen LogP contribution in [-0.2, 0) is 4.74 Å². The van der Waals surface area contributed by atoms with Gasteiger partial charge in [-0.1, -0.05) is 11.6 Å². The first kappa shape index (κ1) is 15.1. The summed E-state index contributed by atoms with van der Waals surface area (Å²) in [5.41, 5.74) is 1.55. The van der Waals surface area contributed by atoms with Gasteiger partial charge in [-0.05, 0) is 19.9 Å². The number of nitrogens with one attached hydrogen (secondary N) is 2. The first-order chi connectivity index (χ1) is 10.0. The van der Waals surface area contributed by atoms with Crippen molar-refractivity contribution in [1.29, 1.82) is 0 Å². The fourth-order valence-electron chi connectivity index (χ4n) is 1.84. The van der Waals surface area contributed by atoms with E-state index in [2.05, 4.69) is 15.3 Å². The van der Waals surface area contributed by atoms with Crippen molar-refractivity contribution in [3.05, 3.63) is 46.5 Å². The van der Waals surface area contributed by atoms with E-state index in [1.807, 2.05) is 0 Å². The number of hydrogen-bond acceptors (Lipinski definition) is 4. The number of aromatic amines is 1. The molecule has 0 aromatic carbocycles. The number of nitrogens with zero attached hydrogens (tertiary/aromatic N) is 1. The summed E-state index contributed by atoms with van der Waals surface area (Å²) >= 11 is 5.92. The third-order valence-electron chi connectivity index (χ3n) is 2.82. The van der Waals surface area contributed by atoms with Crippen LogP contribution in [0.5, 0.6) is 0 Å². The molecule has 2 N–H and O–H groups in total. The number of halogens is 1. The van der Waals surface area contributed by atoms with Gasteiger partial charge in [0, 0.05) is 24.3 Å². The van der Waals surface area contributed by atoms with Crippen LogP contribution in [0.3, 0.4) is 0 Å². The Labute approximate surface area is 126 Å². The second-order valence-electron chi connectivity index (χ2n) is 4.23. The van der Waals surface area contributed by atoms with E-state index < -0.39 is 11.9 Å². The third-order valence-corrected chi connectivity index (χ3v) is 3.12. The molecule has 0 atom stereocenters. The minimum absolute atomic E-state index is 0.236. The Morgan fingerprint density at radius 1 is 1.48 bits per heavy atom. The van der Waals surface area contributed by atoms with E-state index in [1.54, 1.807) is 13.8 Å². The molecule has 0 saturated heterocycles. The molecule has 0 aliphatic carbocycles. The Morgan fingerprint density at radius 3 is 2.90 bits per heavy atom. The lowest BCUT2D eigenvalue weighted by atomic mass is 10.2. The topological polar surface area (TPSA) is 84.1 Å². The number of hydrogen-bond donors (Lipinski definition) is 2. The maximum Gasteiger partial charge on any atom is 0.342 e. The standard InChI is InChI=1S/C14H14ClN3O3/c1-3-21-14(20)12-8(2)17-7-11(12)18-13(19)9-4-5-16-6-10(9)15/h4-7,17H,3H2,1-2H3,(H,18,19). The average molecular weight is 308 g/mol. The van der Waals surface area contributed by atoms with Gasteiger partial charge in [0.2, 0.25) is 0 Å². The highest BCUT2D eigenvalue weighted by Crippen LogP contribution is 2.22. The van der Waals surface area contributed by atoms with Crippen molar-refractivity contribution in [2.75, 3.05) is 11.9 Å². The first-order valence-electron chi connectivity index (χ1n) is 6.30. The smallest absolute Gasteiger partial charge is 0.342 e. The van der Waals surface area contributed by atoms with Gasteiger partial charge in [0.25, 0.3) is 5.91 Å². The van der Waals surface area contributed by atoms with Gasteiger partial charge in [-0.3, -0.25) is 9.78 Å². The van der Waals surface area contributed by atoms with Crippen molar-refractivity contribution in [2.45, 2.75) is 13.8 Å². The predicted molar refractivity (Wildman–Crippen MR) is 78.7 cm³/mol. The second kappa shape index (κ2) is 6.41. The number of carbonyl (C=O) groups is 2. The molecule has 0 aliphatic heterocycles. The molecule has 0 unspecified atom stereocenters. The normalized spacial score (nSPS) is 10.2. The lowest BCUT2D eigenvalue weighted by molar-refractivity contribution is 0.0527. The Balaban J connectivity index is 2.27. The van der Waals surface area contributed by atoms with Crippen molar-refractivity contribution in [2.24, 2.45) is 0 Å². The SMILES string of the molecule is CCOC(=O)c1c(NC(=O)c2ccncc2Cl)c[nH]c1C. The van der Waals surface area contributed by atoms with E-state index >= 15 is 0 Å². The summed E-state index contributed by atoms with van der Waals surface area (Å²) in [6.07, 6.45) is 4.38. The molecular weight excluding hydrogens is 294 g/mol. The summed E-state index contributed by atoms with van der Waals surface area (Å²) in [6.45, 7) is 3.70. The summed E-state index contributed by atoms with van der Waals surface area (Å²) in [6, 6.07) is 1.50. The van der Waals surface area contributed by atoms with Crippen LogP contribution in [0.2, 0.25) is 5.02 Å². The molecule has 0 bridgehead atoms. The Kier molecular flexibility index (Phi) is 4.59. The molecule has 0 radical (unpaired) electrons. The number of aromatic nitrogens is 2. The van der Waals surface area contributed by atoms with Crippen LogP contribution in [0.25, 0.3) is 0 Å². The molecule has 21 heavy (non-hydrogen) atoms. The van der Waals surface area contributed by atoms with Gasteiger partial charge >= 0.3 is 5.97 Å². The highest BCUT2D eigenvalue weighted by Gasteiger charge is 2.20. The fraction of sp³-hybridized carbons (Fsp3) is 0.214. The second-order valence-corrected chi connectivity index (χ2v) is 4.64. The van der Waals surface area contributed by atoms with Gasteiger partial charge in [0.1, 0.15) is 5.56 Å². The summed E-state index contributed by atoms with van der Waals surface area (Å²) < 4.78 is 4.97. The lowest BCUT2D eigenvalue weighted by Gasteiger charge is -2.08. The van der Waals surface area contributed by atoms with Gasteiger partial charge in [-0.2, -0.15) is 0 Å². The average Bonchev–Trinajstić information content (AvgIpc) is 2.80. The molecule has 6 nitrogen and oxygen atoms in total. The van der Waals surface area contributed by atoms with Crippen LogP contribution in [-0.4, -0.2) is 28.5 Å². The van der Waals surface area contributed by atoms with Gasteiger partial charge in [0.15, 0.2) is 0 Å². The van der Waals surface area contributed by atoms with Gasteiger partial charge in [0.05, 0.1) is 22.9 Å². The van der Waals surface area contributed by atoms with E-state index in [9.17, 15) is 9.59 Å². The Morgan fingerprint density at radius 2 is 2.24 bits per heavy atom. The van der Waals surface area contributed by atoms with Crippen molar-refractivity contribution in [1.82, 2.24) is 9.97 Å². The van der Waals surface area contributed by atoms with Gasteiger partial charge < -0.3 is 15.0 Å². The highest BCUT2D eigenvalue weighted by atomic mass is 35.5. The van der Waals surface area contributed by atoms with Crippen molar-refractivity contribution in [3.8, 4) is 0 Å². The van der Waals surface area contributed by atoms with E-state index in [0.29, 0.717) is 16.9 Å². The van der Waals surface area contributed by atoms with Crippen LogP contribution in [0.1, 0.15) is 33.3 Å². The maximum atomic E-state index is 12.2. The van der Waals surface area contributed by atoms with Crippen LogP contribution in [0.4, 0.5) is 5.69 Å². The zero-order valence-corrected chi connectivity index (χ0v) is 12.3. The lowest BCUT2D eigenvalue weighted by Crippen LogP contribution is -2.15. The molecule has 0 aliphatic rings. The Bertz CT molecular complexity index is 682. The number of H-pyrrole nitrogens is 1. The monoisotopic (exact) mass is 307 g/mol. The number of rotatable bonds is 4. The molecule has 2 rings (SSSR count). The molecule has 7 heteroatoms. The summed E-state index contributed by atoms with van der Waals surface area (Å²) in [5, 5.41) is 2.88. The Hall–Kier alpha value is -2.34. The number of esters is 1. The predicted octanol–water partition coefficient (Wildman–Crippen LogP) is 2.80. The third kappa shape index (κ3) is 3.22. The maximum absolute atomic E-state index is 12.2. The van der Waals surface area contributed by atoms with Crippen LogP contribution < -0.4 is 5.32 Å². The van der Waals surface area contributed by atoms with Crippen LogP contribution in [0, 0.1) is 6.92 Å². The zero-order chi connectivity index (χ0) is 15.4. The summed E-state index contributed by atoms with van der Waals surface area (Å²) in [7, 11) is 0. The largest absolute Gasteiger partial charge is 0.462 e. The molecule has 2 aromatic rings. The number of ether oxygens (including phenoxy) is 1. The van der Waals surface area contributed by atoms with Crippen molar-refractivity contribution < 1.29 is 14.3 Å². The molecule has 1 amide bonds. The molecule has 110 valence electrons. The highest BCUT2D eigenvalue weighted by molar-refractivity contribution is 6.34. The number of aryl methyl sites for hydroxylation is 1. The minimum Gasteiger partial charge on any atom is -0.462 e. The van der Waals surface area contributed by atoms with E-state index in [1.165, 1.54) is 24.7 Å². The van der Waals surface area contributed by atoms with Gasteiger partial charge in [-0.15, -0.1) is 0 Å². The number of anilines is 1. The molecular formula is C14H14ClN3O3. The molecule has 0 saturated carbocycles.